The van der Waals surface area contributed by atoms with Gasteiger partial charge in [-0.15, -0.1) is 0 Å². The third kappa shape index (κ3) is 6.02. The van der Waals surface area contributed by atoms with Crippen molar-refractivity contribution in [3.05, 3.63) is 112 Å². The summed E-state index contributed by atoms with van der Waals surface area (Å²) in [6.45, 7) is 2.36. The van der Waals surface area contributed by atoms with Crippen molar-refractivity contribution in [3.63, 3.8) is 0 Å². The maximum Gasteiger partial charge on any atom is 0.145 e. The summed E-state index contributed by atoms with van der Waals surface area (Å²) in [6, 6.07) is 16.1. The second-order valence-corrected chi connectivity index (χ2v) is 7.86. The molecule has 5 heteroatoms. The van der Waals surface area contributed by atoms with Crippen LogP contribution in [-0.4, -0.2) is 6.61 Å². The van der Waals surface area contributed by atoms with E-state index in [0.29, 0.717) is 12.2 Å². The lowest BCUT2D eigenvalue weighted by molar-refractivity contribution is 0.306. The van der Waals surface area contributed by atoms with Crippen LogP contribution in [0.25, 0.3) is 10.8 Å². The van der Waals surface area contributed by atoms with E-state index >= 15 is 0 Å². The Morgan fingerprint density at radius 2 is 1.31 bits per heavy atom. The molecule has 35 heavy (non-hydrogen) atoms. The molecule has 0 unspecified atom stereocenters. The van der Waals surface area contributed by atoms with E-state index in [-0.39, 0.29) is 22.7 Å². The highest BCUT2D eigenvalue weighted by atomic mass is 19.1. The molecule has 1 nitrogen and oxygen atoms in total. The fourth-order valence-electron chi connectivity index (χ4n) is 3.35. The number of fused-ring (bicyclic) bond motifs is 1. The average Bonchev–Trinajstić information content (AvgIpc) is 2.83. The van der Waals surface area contributed by atoms with Crippen LogP contribution in [0.1, 0.15) is 42.0 Å². The van der Waals surface area contributed by atoms with E-state index in [4.69, 9.17) is 4.74 Å². The van der Waals surface area contributed by atoms with E-state index in [1.807, 2.05) is 6.92 Å². The van der Waals surface area contributed by atoms with Crippen molar-refractivity contribution in [3.8, 4) is 29.4 Å². The molecule has 0 saturated heterocycles. The fraction of sp³-hybridized carbons (Fsp3) is 0.133. The first-order chi connectivity index (χ1) is 16.9. The molecule has 0 aliphatic heterocycles. The number of unbranched alkanes of at least 4 members (excludes halogenated alkanes) is 1. The highest BCUT2D eigenvalue weighted by Gasteiger charge is 2.10. The Hall–Kier alpha value is -4.22. The Morgan fingerprint density at radius 3 is 2.06 bits per heavy atom. The van der Waals surface area contributed by atoms with Gasteiger partial charge in [-0.2, -0.15) is 0 Å². The van der Waals surface area contributed by atoms with Crippen LogP contribution in [0.2, 0.25) is 0 Å². The predicted molar refractivity (Wildman–Crippen MR) is 129 cm³/mol. The molecule has 0 aliphatic carbocycles. The minimum atomic E-state index is -0.843. The number of halogens is 4. The first-order valence-electron chi connectivity index (χ1n) is 11.1. The molecule has 4 rings (SSSR count). The largest absolute Gasteiger partial charge is 0.493 e. The summed E-state index contributed by atoms with van der Waals surface area (Å²) in [5.74, 6) is 8.18. The molecule has 0 aliphatic rings. The molecule has 0 bridgehead atoms. The summed E-state index contributed by atoms with van der Waals surface area (Å²) in [4.78, 5) is 0. The molecular formula is C30H20F4O. The average molecular weight is 472 g/mol. The van der Waals surface area contributed by atoms with Gasteiger partial charge in [0.1, 0.15) is 29.0 Å². The summed E-state index contributed by atoms with van der Waals surface area (Å²) < 4.78 is 61.8. The summed E-state index contributed by atoms with van der Waals surface area (Å²) in [5.41, 5.74) is 0.650. The molecule has 0 heterocycles. The van der Waals surface area contributed by atoms with Crippen molar-refractivity contribution in [1.82, 2.24) is 0 Å². The van der Waals surface area contributed by atoms with Gasteiger partial charge in [0.25, 0.3) is 0 Å². The van der Waals surface area contributed by atoms with Crippen molar-refractivity contribution in [1.29, 1.82) is 0 Å². The van der Waals surface area contributed by atoms with E-state index in [2.05, 4.69) is 23.7 Å². The van der Waals surface area contributed by atoms with Crippen LogP contribution in [0, 0.1) is 47.0 Å². The topological polar surface area (TPSA) is 9.23 Å². The smallest absolute Gasteiger partial charge is 0.145 e. The van der Waals surface area contributed by atoms with E-state index in [9.17, 15) is 17.6 Å². The SMILES string of the molecule is CCCCOc1cc(F)c(C#Cc2ccc(C#Cc3ccc4cc(F)ccc4c3)c(F)c2)c(F)c1. The van der Waals surface area contributed by atoms with Crippen LogP contribution in [0.5, 0.6) is 5.75 Å². The van der Waals surface area contributed by atoms with Crippen LogP contribution in [0.15, 0.2) is 66.7 Å². The minimum Gasteiger partial charge on any atom is -0.493 e. The summed E-state index contributed by atoms with van der Waals surface area (Å²) in [7, 11) is 0. The molecule has 4 aromatic carbocycles. The van der Waals surface area contributed by atoms with Crippen molar-refractivity contribution in [2.45, 2.75) is 19.8 Å². The van der Waals surface area contributed by atoms with E-state index in [1.165, 1.54) is 24.3 Å². The number of hydrogen-bond acceptors (Lipinski definition) is 1. The van der Waals surface area contributed by atoms with Gasteiger partial charge in [-0.3, -0.25) is 0 Å². The number of ether oxygens (including phenoxy) is 1. The van der Waals surface area contributed by atoms with Gasteiger partial charge in [-0.25, -0.2) is 17.6 Å². The zero-order valence-electron chi connectivity index (χ0n) is 18.9. The van der Waals surface area contributed by atoms with E-state index in [1.54, 1.807) is 24.3 Å². The highest BCUT2D eigenvalue weighted by molar-refractivity contribution is 5.84. The van der Waals surface area contributed by atoms with Crippen molar-refractivity contribution >= 4 is 10.8 Å². The third-order valence-electron chi connectivity index (χ3n) is 5.23. The van der Waals surface area contributed by atoms with Gasteiger partial charge in [-0.1, -0.05) is 49.2 Å². The molecular weight excluding hydrogens is 452 g/mol. The molecule has 174 valence electrons. The van der Waals surface area contributed by atoms with Gasteiger partial charge in [0.15, 0.2) is 0 Å². The number of rotatable bonds is 4. The molecule has 0 amide bonds. The van der Waals surface area contributed by atoms with Crippen LogP contribution in [-0.2, 0) is 0 Å². The quantitative estimate of drug-likeness (QED) is 0.171. The second kappa shape index (κ2) is 10.8. The van der Waals surface area contributed by atoms with Gasteiger partial charge in [0.2, 0.25) is 0 Å². The van der Waals surface area contributed by atoms with Gasteiger partial charge < -0.3 is 4.74 Å². The normalized spacial score (nSPS) is 10.3. The Balaban J connectivity index is 1.52. The first-order valence-corrected chi connectivity index (χ1v) is 11.1. The molecule has 0 radical (unpaired) electrons. The third-order valence-corrected chi connectivity index (χ3v) is 5.23. The van der Waals surface area contributed by atoms with Crippen molar-refractivity contribution in [2.75, 3.05) is 6.61 Å². The van der Waals surface area contributed by atoms with E-state index < -0.39 is 23.0 Å². The lowest BCUT2D eigenvalue weighted by Crippen LogP contribution is -1.99. The molecule has 0 fully saturated rings. The molecule has 4 aromatic rings. The number of benzene rings is 4. The van der Waals surface area contributed by atoms with Gasteiger partial charge in [-0.05, 0) is 59.7 Å². The van der Waals surface area contributed by atoms with Gasteiger partial charge >= 0.3 is 0 Å². The minimum absolute atomic E-state index is 0.103. The zero-order chi connectivity index (χ0) is 24.8. The predicted octanol–water partition coefficient (Wildman–Crippen LogP) is 7.37. The lowest BCUT2D eigenvalue weighted by Gasteiger charge is -2.06. The number of hydrogen-bond donors (Lipinski definition) is 0. The Kier molecular flexibility index (Phi) is 7.38. The molecule has 0 saturated carbocycles. The molecule has 0 atom stereocenters. The van der Waals surface area contributed by atoms with Crippen LogP contribution >= 0.6 is 0 Å². The maximum absolute atomic E-state index is 14.6. The standard InChI is InChI=1S/C30H20F4O/c1-2-3-14-35-26-18-29(33)27(30(34)19-26)13-7-21-5-9-22(28(32)16-21)8-4-20-6-10-24-17-25(31)12-11-23(24)15-20/h5-6,9-12,15-19H,2-3,14H2,1H3. The van der Waals surface area contributed by atoms with Crippen LogP contribution in [0.3, 0.4) is 0 Å². The summed E-state index contributed by atoms with van der Waals surface area (Å²) in [6.07, 6.45) is 1.68. The Morgan fingerprint density at radius 1 is 0.657 bits per heavy atom. The zero-order valence-corrected chi connectivity index (χ0v) is 18.9. The summed E-state index contributed by atoms with van der Waals surface area (Å²) >= 11 is 0. The Labute approximate surface area is 201 Å². The highest BCUT2D eigenvalue weighted by Crippen LogP contribution is 2.21. The monoisotopic (exact) mass is 472 g/mol. The van der Waals surface area contributed by atoms with Gasteiger partial charge in [0.05, 0.1) is 17.7 Å². The lowest BCUT2D eigenvalue weighted by atomic mass is 10.1. The van der Waals surface area contributed by atoms with Gasteiger partial charge in [0, 0.05) is 23.3 Å². The summed E-state index contributed by atoms with van der Waals surface area (Å²) in [5, 5.41) is 1.57. The molecule has 0 spiro atoms. The van der Waals surface area contributed by atoms with Crippen LogP contribution < -0.4 is 4.74 Å². The van der Waals surface area contributed by atoms with Crippen LogP contribution in [0.4, 0.5) is 17.6 Å². The molecule has 0 aromatic heterocycles. The molecule has 0 N–H and O–H groups in total. The second-order valence-electron chi connectivity index (χ2n) is 7.86. The first kappa shape index (κ1) is 23.9. The fourth-order valence-corrected chi connectivity index (χ4v) is 3.35. The van der Waals surface area contributed by atoms with Crippen molar-refractivity contribution in [2.24, 2.45) is 0 Å². The Bertz CT molecular complexity index is 1490. The van der Waals surface area contributed by atoms with Crippen molar-refractivity contribution < 1.29 is 22.3 Å². The van der Waals surface area contributed by atoms with E-state index in [0.717, 1.165) is 41.8 Å². The maximum atomic E-state index is 14.6.